The maximum Gasteiger partial charge on any atom is 0.189 e. The summed E-state index contributed by atoms with van der Waals surface area (Å²) in [5.74, 6) is -3.36. The summed E-state index contributed by atoms with van der Waals surface area (Å²) in [6.07, 6.45) is 1.03. The molecule has 10 heteroatoms. The van der Waals surface area contributed by atoms with E-state index in [1.165, 1.54) is 27.8 Å². The number of rotatable bonds is 7. The third-order valence-electron chi connectivity index (χ3n) is 5.82. The summed E-state index contributed by atoms with van der Waals surface area (Å²) < 4.78 is 60.6. The van der Waals surface area contributed by atoms with Crippen LogP contribution in [0.2, 0.25) is 5.02 Å². The molecule has 1 aliphatic heterocycles. The molecule has 0 aliphatic carbocycles. The largest absolute Gasteiger partial charge is 0.489 e. The van der Waals surface area contributed by atoms with Crippen molar-refractivity contribution in [3.05, 3.63) is 75.2 Å². The quantitative estimate of drug-likeness (QED) is 0.302. The number of piperidine rings is 1. The van der Waals surface area contributed by atoms with Gasteiger partial charge >= 0.3 is 0 Å². The second-order valence-electron chi connectivity index (χ2n) is 7.99. The maximum absolute atomic E-state index is 14.9. The Morgan fingerprint density at radius 3 is 2.46 bits per heavy atom. The predicted molar refractivity (Wildman–Crippen MR) is 138 cm³/mol. The van der Waals surface area contributed by atoms with Crippen molar-refractivity contribution in [2.45, 2.75) is 57.4 Å². The standard InChI is InChI=1S/C23H23ClF2N2O3S2.2CH4/c1-15(16-5-3-2-4-6-16)28-9-7-18(8-10-28)31-20-11-19(25)23(22(26)21(20)24)33(29,30)13-17-12-32-14-27-17;;/h2-6,11-12,14-15,18H,7-10,13H2,1H3;2*1H4/t15-;;/m1../s1. The first-order valence-corrected chi connectivity index (χ1v) is 13.5. The lowest BCUT2D eigenvalue weighted by Crippen LogP contribution is -2.39. The zero-order chi connectivity index (χ0) is 23.6. The summed E-state index contributed by atoms with van der Waals surface area (Å²) >= 11 is 7.28. The number of nitrogens with zero attached hydrogens (tertiary/aromatic N) is 2. The third kappa shape index (κ3) is 6.58. The van der Waals surface area contributed by atoms with Crippen molar-refractivity contribution in [2.24, 2.45) is 0 Å². The van der Waals surface area contributed by atoms with E-state index in [0.717, 1.165) is 19.2 Å². The van der Waals surface area contributed by atoms with Crippen molar-refractivity contribution in [1.29, 1.82) is 0 Å². The first-order valence-electron chi connectivity index (χ1n) is 10.5. The molecule has 3 aromatic rings. The highest BCUT2D eigenvalue weighted by molar-refractivity contribution is 7.90. The molecule has 0 amide bonds. The molecule has 1 atom stereocenters. The molecular weight excluding hydrogens is 514 g/mol. The highest BCUT2D eigenvalue weighted by Crippen LogP contribution is 2.37. The van der Waals surface area contributed by atoms with E-state index in [1.54, 1.807) is 0 Å². The summed E-state index contributed by atoms with van der Waals surface area (Å²) in [7, 11) is -4.31. The molecule has 0 N–H and O–H groups in total. The van der Waals surface area contributed by atoms with Crippen LogP contribution in [0.4, 0.5) is 8.78 Å². The monoisotopic (exact) mass is 544 g/mol. The number of hydrogen-bond donors (Lipinski definition) is 0. The van der Waals surface area contributed by atoms with Crippen LogP contribution in [0.3, 0.4) is 0 Å². The molecule has 0 saturated carbocycles. The molecule has 2 heterocycles. The van der Waals surface area contributed by atoms with Gasteiger partial charge in [0.15, 0.2) is 15.7 Å². The topological polar surface area (TPSA) is 59.5 Å². The van der Waals surface area contributed by atoms with Gasteiger partial charge in [0.05, 0.1) is 17.0 Å². The fourth-order valence-electron chi connectivity index (χ4n) is 4.01. The van der Waals surface area contributed by atoms with Crippen LogP contribution < -0.4 is 4.74 Å². The fraction of sp³-hybridized carbons (Fsp3) is 0.400. The van der Waals surface area contributed by atoms with Gasteiger partial charge in [-0.05, 0) is 25.3 Å². The summed E-state index contributed by atoms with van der Waals surface area (Å²) in [5.41, 5.74) is 2.89. The minimum absolute atomic E-state index is 0. The molecule has 0 radical (unpaired) electrons. The van der Waals surface area contributed by atoms with Crippen LogP contribution in [0, 0.1) is 11.6 Å². The minimum atomic E-state index is -4.31. The number of aromatic nitrogens is 1. The number of halogens is 3. The minimum Gasteiger partial charge on any atom is -0.489 e. The molecule has 4 rings (SSSR count). The number of benzene rings is 2. The molecule has 1 aliphatic rings. The van der Waals surface area contributed by atoms with Crippen LogP contribution >= 0.6 is 22.9 Å². The third-order valence-corrected chi connectivity index (χ3v) is 8.47. The molecule has 0 unspecified atom stereocenters. The summed E-state index contributed by atoms with van der Waals surface area (Å²) in [6, 6.07) is 11.3. The van der Waals surface area contributed by atoms with E-state index < -0.39 is 37.1 Å². The van der Waals surface area contributed by atoms with E-state index in [2.05, 4.69) is 28.9 Å². The Morgan fingerprint density at radius 2 is 1.86 bits per heavy atom. The van der Waals surface area contributed by atoms with Crippen molar-refractivity contribution in [2.75, 3.05) is 13.1 Å². The lowest BCUT2D eigenvalue weighted by atomic mass is 10.0. The Kier molecular flexibility index (Phi) is 10.2. The first kappa shape index (κ1) is 29.2. The smallest absolute Gasteiger partial charge is 0.189 e. The summed E-state index contributed by atoms with van der Waals surface area (Å²) in [6.45, 7) is 3.65. The zero-order valence-corrected chi connectivity index (χ0v) is 20.3. The number of thiazole rings is 1. The van der Waals surface area contributed by atoms with Gasteiger partial charge in [0.2, 0.25) is 0 Å². The summed E-state index contributed by atoms with van der Waals surface area (Å²) in [4.78, 5) is 5.14. The van der Waals surface area contributed by atoms with Crippen LogP contribution in [0.1, 0.15) is 51.9 Å². The van der Waals surface area contributed by atoms with Crippen molar-refractivity contribution in [1.82, 2.24) is 9.88 Å². The van der Waals surface area contributed by atoms with Gasteiger partial charge in [-0.15, -0.1) is 11.3 Å². The molecule has 192 valence electrons. The van der Waals surface area contributed by atoms with E-state index >= 15 is 0 Å². The SMILES string of the molecule is C.C.C[C@H](c1ccccc1)N1CCC(Oc2cc(F)c(S(=O)(=O)Cc3cscn3)c(F)c2Cl)CC1. The van der Waals surface area contributed by atoms with E-state index in [4.69, 9.17) is 16.3 Å². The van der Waals surface area contributed by atoms with Crippen molar-refractivity contribution < 1.29 is 21.9 Å². The van der Waals surface area contributed by atoms with E-state index in [-0.39, 0.29) is 38.4 Å². The van der Waals surface area contributed by atoms with E-state index in [1.807, 2.05) is 18.2 Å². The lowest BCUT2D eigenvalue weighted by molar-refractivity contribution is 0.0793. The Morgan fingerprint density at radius 1 is 1.20 bits per heavy atom. The van der Waals surface area contributed by atoms with E-state index in [9.17, 15) is 17.2 Å². The van der Waals surface area contributed by atoms with Crippen molar-refractivity contribution in [3.8, 4) is 5.75 Å². The highest BCUT2D eigenvalue weighted by Gasteiger charge is 2.31. The van der Waals surface area contributed by atoms with Gasteiger partial charge in [0.25, 0.3) is 0 Å². The van der Waals surface area contributed by atoms with Gasteiger partial charge < -0.3 is 4.74 Å². The summed E-state index contributed by atoms with van der Waals surface area (Å²) in [5, 5.41) is 0.977. The van der Waals surface area contributed by atoms with Gasteiger partial charge in [-0.25, -0.2) is 22.2 Å². The normalized spacial score (nSPS) is 15.7. The van der Waals surface area contributed by atoms with E-state index in [0.29, 0.717) is 12.8 Å². The Labute approximate surface area is 215 Å². The molecule has 0 bridgehead atoms. The molecule has 2 aromatic carbocycles. The molecule has 1 aromatic heterocycles. The van der Waals surface area contributed by atoms with Crippen molar-refractivity contribution >= 4 is 32.8 Å². The lowest BCUT2D eigenvalue weighted by Gasteiger charge is -2.36. The Bertz CT molecular complexity index is 1200. The first-order chi connectivity index (χ1) is 15.8. The maximum atomic E-state index is 14.9. The Hall–Kier alpha value is -2.07. The number of likely N-dealkylation sites (tertiary alicyclic amines) is 1. The van der Waals surface area contributed by atoms with Gasteiger partial charge in [-0.2, -0.15) is 0 Å². The molecule has 1 saturated heterocycles. The molecule has 0 spiro atoms. The second kappa shape index (κ2) is 12.3. The second-order valence-corrected chi connectivity index (χ2v) is 11.0. The van der Waals surface area contributed by atoms with Crippen LogP contribution in [-0.4, -0.2) is 37.5 Å². The van der Waals surface area contributed by atoms with Gasteiger partial charge in [-0.1, -0.05) is 56.8 Å². The average molecular weight is 545 g/mol. The van der Waals surface area contributed by atoms with Gasteiger partial charge in [0.1, 0.15) is 27.6 Å². The van der Waals surface area contributed by atoms with Crippen molar-refractivity contribution in [3.63, 3.8) is 0 Å². The highest BCUT2D eigenvalue weighted by atomic mass is 35.5. The zero-order valence-electron chi connectivity index (χ0n) is 17.9. The van der Waals surface area contributed by atoms with Gasteiger partial charge in [0, 0.05) is 30.6 Å². The fourth-order valence-corrected chi connectivity index (χ4v) is 6.34. The molecule has 1 fully saturated rings. The number of sulfone groups is 1. The van der Waals surface area contributed by atoms with Crippen LogP contribution in [0.5, 0.6) is 5.75 Å². The van der Waals surface area contributed by atoms with Gasteiger partial charge in [-0.3, -0.25) is 4.90 Å². The van der Waals surface area contributed by atoms with Crippen LogP contribution in [0.25, 0.3) is 0 Å². The molecule has 5 nitrogen and oxygen atoms in total. The van der Waals surface area contributed by atoms with Crippen LogP contribution in [0.15, 0.2) is 52.2 Å². The number of ether oxygens (including phenoxy) is 1. The number of hydrogen-bond acceptors (Lipinski definition) is 6. The average Bonchev–Trinajstić information content (AvgIpc) is 3.30. The molecular formula is C25H31ClF2N2O3S2. The van der Waals surface area contributed by atoms with Crippen LogP contribution in [-0.2, 0) is 15.6 Å². The molecule has 35 heavy (non-hydrogen) atoms. The Balaban J connectivity index is 0.00000216. The predicted octanol–water partition coefficient (Wildman–Crippen LogP) is 6.93.